The zero-order chi connectivity index (χ0) is 14.7. The number of thiophene rings is 1. The third kappa shape index (κ3) is 3.48. The molecule has 0 unspecified atom stereocenters. The van der Waals surface area contributed by atoms with Crippen LogP contribution in [-0.2, 0) is 12.3 Å². The maximum absolute atomic E-state index is 5.25. The molecule has 0 amide bonds. The Bertz CT molecular complexity index is 690. The predicted octanol–water partition coefficient (Wildman–Crippen LogP) is 2.73. The standard InChI is InChI=1S/C12H14N6OS2/c1-8(2)5-18-12(14-16-17-18)21-7-10-13-11(19-15-10)9-3-4-20-6-9/h3-4,6,8H,5,7H2,1-2H3. The maximum Gasteiger partial charge on any atom is 0.258 e. The minimum absolute atomic E-state index is 0.489. The summed E-state index contributed by atoms with van der Waals surface area (Å²) in [5.74, 6) is 2.25. The second-order valence-electron chi connectivity index (χ2n) is 4.85. The van der Waals surface area contributed by atoms with E-state index >= 15 is 0 Å². The Balaban J connectivity index is 1.64. The Hall–Kier alpha value is -1.74. The fourth-order valence-corrected chi connectivity index (χ4v) is 3.06. The van der Waals surface area contributed by atoms with Crippen molar-refractivity contribution in [2.24, 2.45) is 5.92 Å². The number of rotatable bonds is 6. The van der Waals surface area contributed by atoms with Crippen molar-refractivity contribution in [2.75, 3.05) is 0 Å². The molecule has 0 atom stereocenters. The van der Waals surface area contributed by atoms with Crippen LogP contribution in [-0.4, -0.2) is 30.3 Å². The monoisotopic (exact) mass is 322 g/mol. The van der Waals surface area contributed by atoms with Crippen LogP contribution in [0.25, 0.3) is 11.5 Å². The molecule has 0 fully saturated rings. The van der Waals surface area contributed by atoms with Crippen LogP contribution in [0.1, 0.15) is 19.7 Å². The van der Waals surface area contributed by atoms with Crippen LogP contribution in [0, 0.1) is 5.92 Å². The third-order valence-electron chi connectivity index (χ3n) is 2.60. The van der Waals surface area contributed by atoms with E-state index in [1.165, 1.54) is 11.8 Å². The molecule has 7 nitrogen and oxygen atoms in total. The first-order valence-corrected chi connectivity index (χ1v) is 8.39. The molecule has 0 aliphatic rings. The molecular formula is C12H14N6OS2. The Labute approximate surface area is 129 Å². The van der Waals surface area contributed by atoms with Crippen molar-refractivity contribution in [2.45, 2.75) is 31.3 Å². The Morgan fingerprint density at radius 2 is 2.33 bits per heavy atom. The summed E-state index contributed by atoms with van der Waals surface area (Å²) in [5, 5.41) is 20.4. The molecule has 0 aliphatic heterocycles. The average molecular weight is 322 g/mol. The van der Waals surface area contributed by atoms with Gasteiger partial charge in [-0.1, -0.05) is 30.8 Å². The van der Waals surface area contributed by atoms with E-state index in [9.17, 15) is 0 Å². The van der Waals surface area contributed by atoms with Gasteiger partial charge in [0.1, 0.15) is 0 Å². The molecule has 0 N–H and O–H groups in total. The third-order valence-corrected chi connectivity index (χ3v) is 4.24. The van der Waals surface area contributed by atoms with Gasteiger partial charge in [-0.25, -0.2) is 4.68 Å². The van der Waals surface area contributed by atoms with Crippen molar-refractivity contribution in [1.82, 2.24) is 30.3 Å². The molecule has 21 heavy (non-hydrogen) atoms. The fraction of sp³-hybridized carbons (Fsp3) is 0.417. The molecule has 0 aliphatic carbocycles. The van der Waals surface area contributed by atoms with Crippen molar-refractivity contribution < 1.29 is 4.52 Å². The Morgan fingerprint density at radius 3 is 3.10 bits per heavy atom. The smallest absolute Gasteiger partial charge is 0.258 e. The molecule has 0 spiro atoms. The van der Waals surface area contributed by atoms with Crippen LogP contribution >= 0.6 is 23.1 Å². The molecule has 3 aromatic heterocycles. The predicted molar refractivity (Wildman–Crippen MR) is 79.8 cm³/mol. The lowest BCUT2D eigenvalue weighted by atomic mass is 10.2. The molecule has 3 aromatic rings. The molecule has 0 bridgehead atoms. The lowest BCUT2D eigenvalue weighted by Gasteiger charge is -2.05. The maximum atomic E-state index is 5.25. The molecule has 0 saturated carbocycles. The summed E-state index contributed by atoms with van der Waals surface area (Å²) in [5.41, 5.74) is 0.952. The number of hydrogen-bond donors (Lipinski definition) is 0. The van der Waals surface area contributed by atoms with Gasteiger partial charge in [-0.15, -0.1) is 5.10 Å². The van der Waals surface area contributed by atoms with Crippen LogP contribution in [0.2, 0.25) is 0 Å². The fourth-order valence-electron chi connectivity index (χ4n) is 1.71. The number of aromatic nitrogens is 6. The summed E-state index contributed by atoms with van der Waals surface area (Å²) < 4.78 is 7.05. The van der Waals surface area contributed by atoms with Crippen LogP contribution in [0.15, 0.2) is 26.5 Å². The van der Waals surface area contributed by atoms with Gasteiger partial charge in [0, 0.05) is 11.9 Å². The molecule has 9 heteroatoms. The Morgan fingerprint density at radius 1 is 1.43 bits per heavy atom. The first kappa shape index (κ1) is 14.2. The highest BCUT2D eigenvalue weighted by atomic mass is 32.2. The summed E-state index contributed by atoms with van der Waals surface area (Å²) in [6, 6.07) is 1.96. The normalized spacial score (nSPS) is 11.4. The number of tetrazole rings is 1. The van der Waals surface area contributed by atoms with Gasteiger partial charge >= 0.3 is 0 Å². The topological polar surface area (TPSA) is 82.5 Å². The summed E-state index contributed by atoms with van der Waals surface area (Å²) in [4.78, 5) is 4.37. The molecule has 0 aromatic carbocycles. The van der Waals surface area contributed by atoms with E-state index in [2.05, 4.69) is 39.5 Å². The molecule has 0 radical (unpaired) electrons. The van der Waals surface area contributed by atoms with Gasteiger partial charge < -0.3 is 4.52 Å². The van der Waals surface area contributed by atoms with Gasteiger partial charge in [0.15, 0.2) is 5.82 Å². The Kier molecular flexibility index (Phi) is 4.30. The van der Waals surface area contributed by atoms with Crippen LogP contribution in [0.3, 0.4) is 0 Å². The van der Waals surface area contributed by atoms with E-state index in [0.717, 1.165) is 17.3 Å². The largest absolute Gasteiger partial charge is 0.334 e. The van der Waals surface area contributed by atoms with E-state index in [4.69, 9.17) is 4.52 Å². The van der Waals surface area contributed by atoms with E-state index in [-0.39, 0.29) is 0 Å². The molecular weight excluding hydrogens is 308 g/mol. The SMILES string of the molecule is CC(C)Cn1nnnc1SCc1noc(-c2ccsc2)n1. The summed E-state index contributed by atoms with van der Waals surface area (Å²) in [7, 11) is 0. The van der Waals surface area contributed by atoms with Crippen LogP contribution < -0.4 is 0 Å². The quantitative estimate of drug-likeness (QED) is 0.645. The van der Waals surface area contributed by atoms with Gasteiger partial charge in [-0.2, -0.15) is 16.3 Å². The second-order valence-corrected chi connectivity index (χ2v) is 6.58. The zero-order valence-corrected chi connectivity index (χ0v) is 13.3. The second kappa shape index (κ2) is 6.35. The lowest BCUT2D eigenvalue weighted by Crippen LogP contribution is -2.07. The van der Waals surface area contributed by atoms with E-state index in [0.29, 0.717) is 23.4 Å². The van der Waals surface area contributed by atoms with Gasteiger partial charge in [-0.3, -0.25) is 0 Å². The van der Waals surface area contributed by atoms with E-state index in [1.807, 2.05) is 16.8 Å². The van der Waals surface area contributed by atoms with Crippen molar-refractivity contribution >= 4 is 23.1 Å². The summed E-state index contributed by atoms with van der Waals surface area (Å²) >= 11 is 3.10. The van der Waals surface area contributed by atoms with Crippen LogP contribution in [0.5, 0.6) is 0 Å². The molecule has 3 heterocycles. The molecule has 110 valence electrons. The van der Waals surface area contributed by atoms with Crippen molar-refractivity contribution in [3.63, 3.8) is 0 Å². The minimum atomic E-state index is 0.489. The van der Waals surface area contributed by atoms with Gasteiger partial charge in [-0.05, 0) is 27.8 Å². The van der Waals surface area contributed by atoms with Crippen molar-refractivity contribution in [1.29, 1.82) is 0 Å². The number of nitrogens with zero attached hydrogens (tertiary/aromatic N) is 6. The first-order valence-electron chi connectivity index (χ1n) is 6.46. The zero-order valence-electron chi connectivity index (χ0n) is 11.6. The number of hydrogen-bond acceptors (Lipinski definition) is 8. The van der Waals surface area contributed by atoms with Gasteiger partial charge in [0.2, 0.25) is 5.16 Å². The number of thioether (sulfide) groups is 1. The highest BCUT2D eigenvalue weighted by Crippen LogP contribution is 2.23. The minimum Gasteiger partial charge on any atom is -0.334 e. The summed E-state index contributed by atoms with van der Waals surface area (Å²) in [6.07, 6.45) is 0. The lowest BCUT2D eigenvalue weighted by molar-refractivity contribution is 0.425. The highest BCUT2D eigenvalue weighted by molar-refractivity contribution is 7.98. The van der Waals surface area contributed by atoms with Gasteiger partial charge in [0.05, 0.1) is 11.3 Å². The summed E-state index contributed by atoms with van der Waals surface area (Å²) in [6.45, 7) is 5.05. The average Bonchev–Trinajstić information content (AvgIpc) is 3.17. The van der Waals surface area contributed by atoms with E-state index < -0.39 is 0 Å². The first-order chi connectivity index (χ1) is 10.2. The molecule has 3 rings (SSSR count). The van der Waals surface area contributed by atoms with Gasteiger partial charge in [0.25, 0.3) is 5.89 Å². The van der Waals surface area contributed by atoms with Crippen molar-refractivity contribution in [3.05, 3.63) is 22.7 Å². The molecule has 0 saturated heterocycles. The van der Waals surface area contributed by atoms with Crippen LogP contribution in [0.4, 0.5) is 0 Å². The van der Waals surface area contributed by atoms with E-state index in [1.54, 1.807) is 16.0 Å². The van der Waals surface area contributed by atoms with Crippen molar-refractivity contribution in [3.8, 4) is 11.5 Å². The highest BCUT2D eigenvalue weighted by Gasteiger charge is 2.13.